The molecule has 37 heavy (non-hydrogen) atoms. The Morgan fingerprint density at radius 1 is 1.05 bits per heavy atom. The van der Waals surface area contributed by atoms with Crippen LogP contribution in [0.1, 0.15) is 39.0 Å². The molecule has 6 heterocycles. The zero-order valence-corrected chi connectivity index (χ0v) is 21.0. The molecule has 0 amide bonds. The number of sulfonamides is 1. The predicted octanol–water partition coefficient (Wildman–Crippen LogP) is 2.72. The molecule has 13 heteroatoms. The van der Waals surface area contributed by atoms with Gasteiger partial charge in [-0.05, 0) is 57.2 Å². The first-order valence-electron chi connectivity index (χ1n) is 12.4. The van der Waals surface area contributed by atoms with Gasteiger partial charge in [-0.1, -0.05) is 0 Å². The highest BCUT2D eigenvalue weighted by Gasteiger charge is 2.47. The van der Waals surface area contributed by atoms with E-state index in [4.69, 9.17) is 0 Å². The van der Waals surface area contributed by atoms with Crippen molar-refractivity contribution in [2.45, 2.75) is 74.3 Å². The van der Waals surface area contributed by atoms with Crippen LogP contribution >= 0.6 is 0 Å². The van der Waals surface area contributed by atoms with Gasteiger partial charge in [-0.25, -0.2) is 27.6 Å². The lowest BCUT2D eigenvalue weighted by Gasteiger charge is -2.38. The van der Waals surface area contributed by atoms with E-state index in [9.17, 15) is 12.8 Å². The molecule has 3 unspecified atom stereocenters. The molecular formula is C24H28F2N8O2S. The van der Waals surface area contributed by atoms with E-state index in [0.717, 1.165) is 31.5 Å². The number of piperidine rings is 1. The number of nitrogens with zero attached hydrogens (tertiary/aromatic N) is 4. The van der Waals surface area contributed by atoms with Crippen LogP contribution in [0.15, 0.2) is 41.7 Å². The molecule has 5 atom stereocenters. The van der Waals surface area contributed by atoms with Crippen LogP contribution in [-0.4, -0.2) is 58.0 Å². The fourth-order valence-electron chi connectivity index (χ4n) is 5.78. The van der Waals surface area contributed by atoms with Gasteiger partial charge in [0.2, 0.25) is 10.0 Å². The standard InChI is InChI=1S/C24H28F2N8O2S/c1-13-7-20(33-32-13)30-24-21(26)22-19(3-2-6-28-22)23(31-24)29-15-9-16-4-5-17(10-15)34(16)37(35,36)18-8-14(25)11-27-12-18/h2-3,6,8,11-13,15-17,20,32-33H,4-5,7,9-10H2,1H3,(H2,29,30,31)/t13?,15?,16-,17+,20?. The number of nitrogens with one attached hydrogen (secondary N) is 4. The predicted molar refractivity (Wildman–Crippen MR) is 134 cm³/mol. The largest absolute Gasteiger partial charge is 0.367 e. The SMILES string of the molecule is CC1CC(Nc2nc(NC3C[C@H]4CC[C@@H](C3)N4S(=O)(=O)c3cncc(F)c3)c3cccnc3c2F)NN1. The molecular weight excluding hydrogens is 502 g/mol. The van der Waals surface area contributed by atoms with Gasteiger partial charge in [-0.15, -0.1) is 0 Å². The second-order valence-corrected chi connectivity index (χ2v) is 11.9. The van der Waals surface area contributed by atoms with E-state index in [2.05, 4.69) is 36.4 Å². The molecule has 0 aromatic carbocycles. The second kappa shape index (κ2) is 9.39. The van der Waals surface area contributed by atoms with Crippen molar-refractivity contribution in [3.8, 4) is 0 Å². The van der Waals surface area contributed by atoms with E-state index in [1.165, 1.54) is 10.5 Å². The molecule has 4 N–H and O–H groups in total. The van der Waals surface area contributed by atoms with E-state index in [1.807, 2.05) is 6.92 Å². The summed E-state index contributed by atoms with van der Waals surface area (Å²) in [6, 6.07) is 4.21. The van der Waals surface area contributed by atoms with Gasteiger partial charge in [0.25, 0.3) is 0 Å². The summed E-state index contributed by atoms with van der Waals surface area (Å²) in [5.74, 6) is -0.604. The van der Waals surface area contributed by atoms with Gasteiger partial charge in [0.15, 0.2) is 11.6 Å². The summed E-state index contributed by atoms with van der Waals surface area (Å²) in [6.07, 6.45) is 6.82. The molecule has 0 radical (unpaired) electrons. The maximum atomic E-state index is 15.3. The summed E-state index contributed by atoms with van der Waals surface area (Å²) < 4.78 is 57.2. The van der Waals surface area contributed by atoms with Crippen LogP contribution in [0, 0.1) is 11.6 Å². The number of hydrogen-bond acceptors (Lipinski definition) is 9. The minimum absolute atomic E-state index is 0.0740. The Hall–Kier alpha value is -3.00. The van der Waals surface area contributed by atoms with Gasteiger partial charge in [0, 0.05) is 41.9 Å². The number of fused-ring (bicyclic) bond motifs is 3. The topological polar surface area (TPSA) is 124 Å². The van der Waals surface area contributed by atoms with Gasteiger partial charge in [-0.3, -0.25) is 15.4 Å². The summed E-state index contributed by atoms with van der Waals surface area (Å²) in [7, 11) is -3.88. The Kier molecular flexibility index (Phi) is 6.18. The van der Waals surface area contributed by atoms with Gasteiger partial charge in [-0.2, -0.15) is 4.31 Å². The highest BCUT2D eigenvalue weighted by molar-refractivity contribution is 7.89. The first-order chi connectivity index (χ1) is 17.8. The fraction of sp³-hybridized carbons (Fsp3) is 0.458. The number of anilines is 2. The number of hydrogen-bond donors (Lipinski definition) is 4. The molecule has 3 aromatic rings. The fourth-order valence-corrected chi connectivity index (χ4v) is 7.64. The summed E-state index contributed by atoms with van der Waals surface area (Å²) in [5, 5.41) is 7.14. The van der Waals surface area contributed by atoms with Gasteiger partial charge in [0.1, 0.15) is 22.0 Å². The Balaban J connectivity index is 1.26. The molecule has 3 aromatic heterocycles. The van der Waals surface area contributed by atoms with Crippen LogP contribution in [0.4, 0.5) is 20.4 Å². The molecule has 196 valence electrons. The molecule has 0 aliphatic carbocycles. The highest BCUT2D eigenvalue weighted by atomic mass is 32.2. The van der Waals surface area contributed by atoms with Crippen LogP contribution in [0.5, 0.6) is 0 Å². The van der Waals surface area contributed by atoms with Crippen LogP contribution in [0.3, 0.4) is 0 Å². The molecule has 6 rings (SSSR count). The van der Waals surface area contributed by atoms with E-state index >= 15 is 4.39 Å². The molecule has 3 saturated heterocycles. The Bertz CT molecular complexity index is 1430. The third-order valence-corrected chi connectivity index (χ3v) is 9.34. The molecule has 0 spiro atoms. The number of aromatic nitrogens is 3. The molecule has 3 aliphatic rings. The number of rotatable bonds is 6. The molecule has 10 nitrogen and oxygen atoms in total. The van der Waals surface area contributed by atoms with Crippen molar-refractivity contribution >= 4 is 32.6 Å². The summed E-state index contributed by atoms with van der Waals surface area (Å²) in [6.45, 7) is 2.03. The average molecular weight is 531 g/mol. The smallest absolute Gasteiger partial charge is 0.245 e. The van der Waals surface area contributed by atoms with E-state index < -0.39 is 21.7 Å². The number of pyridine rings is 3. The molecule has 2 bridgehead atoms. The third kappa shape index (κ3) is 4.49. The molecule has 3 aliphatic heterocycles. The molecule has 3 fully saturated rings. The average Bonchev–Trinajstić information content (AvgIpc) is 3.42. The van der Waals surface area contributed by atoms with Crippen LogP contribution in [0.2, 0.25) is 0 Å². The summed E-state index contributed by atoms with van der Waals surface area (Å²) >= 11 is 0. The minimum Gasteiger partial charge on any atom is -0.367 e. The van der Waals surface area contributed by atoms with E-state index in [1.54, 1.807) is 18.3 Å². The van der Waals surface area contributed by atoms with Gasteiger partial charge >= 0.3 is 0 Å². The number of hydrazine groups is 1. The van der Waals surface area contributed by atoms with Crippen molar-refractivity contribution in [3.63, 3.8) is 0 Å². The highest BCUT2D eigenvalue weighted by Crippen LogP contribution is 2.41. The van der Waals surface area contributed by atoms with Crippen molar-refractivity contribution in [2.75, 3.05) is 10.6 Å². The third-order valence-electron chi connectivity index (χ3n) is 7.37. The van der Waals surface area contributed by atoms with Crippen molar-refractivity contribution in [3.05, 3.63) is 48.4 Å². The van der Waals surface area contributed by atoms with Crippen LogP contribution in [0.25, 0.3) is 10.9 Å². The van der Waals surface area contributed by atoms with Crippen molar-refractivity contribution < 1.29 is 17.2 Å². The van der Waals surface area contributed by atoms with Crippen molar-refractivity contribution in [2.24, 2.45) is 0 Å². The maximum absolute atomic E-state index is 15.3. The quantitative estimate of drug-likeness (QED) is 0.381. The lowest BCUT2D eigenvalue weighted by atomic mass is 9.99. The van der Waals surface area contributed by atoms with Crippen LogP contribution in [-0.2, 0) is 10.0 Å². The van der Waals surface area contributed by atoms with Crippen molar-refractivity contribution in [1.82, 2.24) is 30.1 Å². The first kappa shape index (κ1) is 24.3. The Labute approximate surface area is 213 Å². The monoisotopic (exact) mass is 530 g/mol. The summed E-state index contributed by atoms with van der Waals surface area (Å²) in [4.78, 5) is 12.4. The Morgan fingerprint density at radius 3 is 2.54 bits per heavy atom. The Morgan fingerprint density at radius 2 is 1.84 bits per heavy atom. The van der Waals surface area contributed by atoms with Gasteiger partial charge < -0.3 is 10.6 Å². The van der Waals surface area contributed by atoms with Crippen molar-refractivity contribution in [1.29, 1.82) is 0 Å². The molecule has 0 saturated carbocycles. The van der Waals surface area contributed by atoms with Gasteiger partial charge in [0.05, 0.1) is 12.4 Å². The van der Waals surface area contributed by atoms with Crippen LogP contribution < -0.4 is 21.5 Å². The zero-order chi connectivity index (χ0) is 25.7. The second-order valence-electron chi connectivity index (χ2n) is 10.0. The lowest BCUT2D eigenvalue weighted by molar-refractivity contribution is 0.234. The maximum Gasteiger partial charge on any atom is 0.245 e. The first-order valence-corrected chi connectivity index (χ1v) is 13.9. The van der Waals surface area contributed by atoms with E-state index in [-0.39, 0.29) is 46.6 Å². The summed E-state index contributed by atoms with van der Waals surface area (Å²) in [5.41, 5.74) is 6.40. The van der Waals surface area contributed by atoms with E-state index in [0.29, 0.717) is 24.0 Å². The zero-order valence-electron chi connectivity index (χ0n) is 20.2. The lowest BCUT2D eigenvalue weighted by Crippen LogP contribution is -2.49. The number of halogens is 2. The normalized spacial score (nSPS) is 28.0. The minimum atomic E-state index is -3.88.